The van der Waals surface area contributed by atoms with Gasteiger partial charge in [-0.05, 0) is 54.8 Å². The molecule has 0 bridgehead atoms. The molecule has 0 saturated carbocycles. The average Bonchev–Trinajstić information content (AvgIpc) is 2.95. The summed E-state index contributed by atoms with van der Waals surface area (Å²) >= 11 is 3.48. The average molecular weight is 447 g/mol. The Kier molecular flexibility index (Phi) is 6.73. The van der Waals surface area contributed by atoms with Crippen LogP contribution in [0.1, 0.15) is 23.2 Å². The van der Waals surface area contributed by atoms with E-state index in [9.17, 15) is 9.18 Å². The van der Waals surface area contributed by atoms with Crippen LogP contribution < -0.4 is 10.1 Å². The minimum absolute atomic E-state index is 0.0852. The minimum Gasteiger partial charge on any atom is -0.497 e. The Bertz CT molecular complexity index is 967. The zero-order chi connectivity index (χ0) is 20.1. The van der Waals surface area contributed by atoms with Crippen LogP contribution in [0.25, 0.3) is 10.9 Å². The van der Waals surface area contributed by atoms with Crippen LogP contribution in [0.2, 0.25) is 0 Å². The highest BCUT2D eigenvalue weighted by molar-refractivity contribution is 9.10. The van der Waals surface area contributed by atoms with E-state index in [0.717, 1.165) is 33.4 Å². The van der Waals surface area contributed by atoms with E-state index in [1.807, 2.05) is 24.3 Å². The first-order chi connectivity index (χ1) is 13.5. The molecular formula is C22H24BrFN2O2. The number of alkyl halides is 1. The van der Waals surface area contributed by atoms with Crippen molar-refractivity contribution in [3.63, 3.8) is 0 Å². The number of carbonyl (C=O) groups is 1. The molecule has 0 aliphatic rings. The predicted octanol–water partition coefficient (Wildman–Crippen LogP) is 4.79. The molecule has 0 aliphatic carbocycles. The largest absolute Gasteiger partial charge is 0.497 e. The Morgan fingerprint density at radius 1 is 1.21 bits per heavy atom. The number of carbonyl (C=O) groups excluding carboxylic acids is 1. The highest BCUT2D eigenvalue weighted by Gasteiger charge is 2.15. The van der Waals surface area contributed by atoms with E-state index in [-0.39, 0.29) is 12.3 Å². The van der Waals surface area contributed by atoms with E-state index in [1.54, 1.807) is 7.11 Å². The highest BCUT2D eigenvalue weighted by Crippen LogP contribution is 2.30. The number of benzene rings is 2. The Morgan fingerprint density at radius 3 is 2.64 bits per heavy atom. The molecule has 0 fully saturated rings. The summed E-state index contributed by atoms with van der Waals surface area (Å²) in [6.45, 7) is 2.71. The number of nitrogens with one attached hydrogen (secondary N) is 1. The fourth-order valence-electron chi connectivity index (χ4n) is 3.45. The van der Waals surface area contributed by atoms with Gasteiger partial charge >= 0.3 is 0 Å². The number of rotatable bonds is 8. The van der Waals surface area contributed by atoms with Crippen LogP contribution in [0, 0.1) is 6.92 Å². The molecule has 4 nitrogen and oxygen atoms in total. The summed E-state index contributed by atoms with van der Waals surface area (Å²) in [4.78, 5) is 11.6. The number of aromatic nitrogens is 1. The fourth-order valence-corrected chi connectivity index (χ4v) is 3.71. The SMILES string of the molecule is COc1ccc2c(c1)c(CCNC(=O)CCF)c(C)n2Cc1ccc(Br)cc1. The topological polar surface area (TPSA) is 43.3 Å². The van der Waals surface area contributed by atoms with Crippen LogP contribution in [0.4, 0.5) is 4.39 Å². The van der Waals surface area contributed by atoms with Crippen molar-refractivity contribution in [2.75, 3.05) is 20.3 Å². The molecule has 0 aliphatic heterocycles. The number of ether oxygens (including phenoxy) is 1. The van der Waals surface area contributed by atoms with Crippen molar-refractivity contribution in [1.82, 2.24) is 9.88 Å². The number of halogens is 2. The third-order valence-corrected chi connectivity index (χ3v) is 5.46. The summed E-state index contributed by atoms with van der Waals surface area (Å²) in [5, 5.41) is 3.91. The van der Waals surface area contributed by atoms with E-state index < -0.39 is 6.67 Å². The van der Waals surface area contributed by atoms with E-state index in [1.165, 1.54) is 11.1 Å². The molecular weight excluding hydrogens is 423 g/mol. The van der Waals surface area contributed by atoms with E-state index in [2.05, 4.69) is 50.9 Å². The molecule has 1 N–H and O–H groups in total. The van der Waals surface area contributed by atoms with Gasteiger partial charge in [-0.15, -0.1) is 0 Å². The summed E-state index contributed by atoms with van der Waals surface area (Å²) in [6, 6.07) is 14.4. The lowest BCUT2D eigenvalue weighted by atomic mass is 10.1. The number of hydrogen-bond acceptors (Lipinski definition) is 2. The first-order valence-corrected chi connectivity index (χ1v) is 10.1. The summed E-state index contributed by atoms with van der Waals surface area (Å²) in [6.07, 6.45) is 0.596. The van der Waals surface area contributed by atoms with Gasteiger partial charge in [-0.2, -0.15) is 0 Å². The van der Waals surface area contributed by atoms with E-state index in [0.29, 0.717) is 13.0 Å². The standard InChI is InChI=1S/C22H24BrFN2O2/c1-15-19(10-12-25-22(27)9-11-24)20-13-18(28-2)7-8-21(20)26(15)14-16-3-5-17(23)6-4-16/h3-8,13H,9-12,14H2,1-2H3,(H,25,27). The molecule has 28 heavy (non-hydrogen) atoms. The third-order valence-electron chi connectivity index (χ3n) is 4.93. The third kappa shape index (κ3) is 4.55. The molecule has 0 spiro atoms. The van der Waals surface area contributed by atoms with Gasteiger partial charge in [0.15, 0.2) is 0 Å². The molecule has 1 amide bonds. The van der Waals surface area contributed by atoms with Crippen molar-refractivity contribution < 1.29 is 13.9 Å². The van der Waals surface area contributed by atoms with Crippen LogP contribution in [0.15, 0.2) is 46.9 Å². The van der Waals surface area contributed by atoms with Gasteiger partial charge in [0.1, 0.15) is 5.75 Å². The Morgan fingerprint density at radius 2 is 1.96 bits per heavy atom. The molecule has 1 aromatic heterocycles. The maximum absolute atomic E-state index is 12.3. The lowest BCUT2D eigenvalue weighted by Crippen LogP contribution is -2.25. The van der Waals surface area contributed by atoms with Gasteiger partial charge in [0.2, 0.25) is 5.91 Å². The lowest BCUT2D eigenvalue weighted by molar-refractivity contribution is -0.121. The van der Waals surface area contributed by atoms with Crippen LogP contribution in [-0.4, -0.2) is 30.8 Å². The summed E-state index contributed by atoms with van der Waals surface area (Å²) < 4.78 is 21.1. The number of nitrogens with zero attached hydrogens (tertiary/aromatic N) is 1. The maximum atomic E-state index is 12.3. The molecule has 1 heterocycles. The van der Waals surface area contributed by atoms with Gasteiger partial charge < -0.3 is 14.6 Å². The van der Waals surface area contributed by atoms with Crippen molar-refractivity contribution in [1.29, 1.82) is 0 Å². The molecule has 0 saturated heterocycles. The van der Waals surface area contributed by atoms with Crippen LogP contribution in [0.3, 0.4) is 0 Å². The number of fused-ring (bicyclic) bond motifs is 1. The minimum atomic E-state index is -0.630. The van der Waals surface area contributed by atoms with Gasteiger partial charge in [0.05, 0.1) is 20.2 Å². The molecule has 6 heteroatoms. The van der Waals surface area contributed by atoms with Crippen LogP contribution in [0.5, 0.6) is 5.75 Å². The molecule has 3 aromatic rings. The van der Waals surface area contributed by atoms with Gasteiger partial charge in [-0.1, -0.05) is 28.1 Å². The smallest absolute Gasteiger partial charge is 0.222 e. The summed E-state index contributed by atoms with van der Waals surface area (Å²) in [5.74, 6) is 0.548. The molecule has 148 valence electrons. The quantitative estimate of drug-likeness (QED) is 0.540. The van der Waals surface area contributed by atoms with Crippen molar-refractivity contribution in [2.24, 2.45) is 0 Å². The molecule has 0 unspecified atom stereocenters. The van der Waals surface area contributed by atoms with Gasteiger partial charge in [-0.3, -0.25) is 9.18 Å². The molecule has 3 rings (SSSR count). The molecule has 0 radical (unpaired) electrons. The fraction of sp³-hybridized carbons (Fsp3) is 0.318. The first-order valence-electron chi connectivity index (χ1n) is 9.26. The Hall–Kier alpha value is -2.34. The number of hydrogen-bond donors (Lipinski definition) is 1. The summed E-state index contributed by atoms with van der Waals surface area (Å²) in [5.41, 5.74) is 4.67. The Balaban J connectivity index is 1.93. The maximum Gasteiger partial charge on any atom is 0.222 e. The van der Waals surface area contributed by atoms with Crippen molar-refractivity contribution in [3.8, 4) is 5.75 Å². The van der Waals surface area contributed by atoms with Gasteiger partial charge in [0.25, 0.3) is 0 Å². The van der Waals surface area contributed by atoms with Crippen LogP contribution >= 0.6 is 15.9 Å². The second kappa shape index (κ2) is 9.24. The van der Waals surface area contributed by atoms with Crippen molar-refractivity contribution in [2.45, 2.75) is 26.3 Å². The number of methoxy groups -OCH3 is 1. The zero-order valence-electron chi connectivity index (χ0n) is 16.1. The predicted molar refractivity (Wildman–Crippen MR) is 114 cm³/mol. The number of amides is 1. The van der Waals surface area contributed by atoms with Crippen LogP contribution in [-0.2, 0) is 17.8 Å². The monoisotopic (exact) mass is 446 g/mol. The second-order valence-electron chi connectivity index (χ2n) is 6.70. The summed E-state index contributed by atoms with van der Waals surface area (Å²) in [7, 11) is 1.66. The van der Waals surface area contributed by atoms with Gasteiger partial charge in [0, 0.05) is 34.2 Å². The molecule has 0 atom stereocenters. The highest BCUT2D eigenvalue weighted by atomic mass is 79.9. The van der Waals surface area contributed by atoms with E-state index >= 15 is 0 Å². The Labute approximate surface area is 172 Å². The zero-order valence-corrected chi connectivity index (χ0v) is 17.7. The lowest BCUT2D eigenvalue weighted by Gasteiger charge is -2.10. The molecule has 2 aromatic carbocycles. The van der Waals surface area contributed by atoms with Crippen molar-refractivity contribution in [3.05, 3.63) is 63.8 Å². The second-order valence-corrected chi connectivity index (χ2v) is 7.61. The normalized spacial score (nSPS) is 11.0. The first kappa shape index (κ1) is 20.4. The van der Waals surface area contributed by atoms with E-state index in [4.69, 9.17) is 4.74 Å². The van der Waals surface area contributed by atoms with Gasteiger partial charge in [-0.25, -0.2) is 0 Å². The van der Waals surface area contributed by atoms with Crippen molar-refractivity contribution >= 4 is 32.7 Å².